The first-order valence-corrected chi connectivity index (χ1v) is 9.79. The first-order valence-electron chi connectivity index (χ1n) is 7.87. The van der Waals surface area contributed by atoms with Crippen molar-refractivity contribution < 1.29 is 27.1 Å². The second-order valence-corrected chi connectivity index (χ2v) is 7.70. The van der Waals surface area contributed by atoms with Gasteiger partial charge in [0.15, 0.2) is 0 Å². The zero-order valence-corrected chi connectivity index (χ0v) is 15.8. The lowest BCUT2D eigenvalue weighted by Gasteiger charge is -2.07. The third-order valence-electron chi connectivity index (χ3n) is 3.82. The van der Waals surface area contributed by atoms with E-state index in [4.69, 9.17) is 30.6 Å². The highest BCUT2D eigenvalue weighted by Crippen LogP contribution is 2.28. The van der Waals surface area contributed by atoms with Crippen LogP contribution in [0.15, 0.2) is 51.8 Å². The van der Waals surface area contributed by atoms with E-state index in [1.165, 1.54) is 24.3 Å². The molecule has 1 heterocycles. The maximum Gasteiger partial charge on any atom is 0.374 e. The number of halogens is 1. The minimum Gasteiger partial charge on any atom is -0.490 e. The summed E-state index contributed by atoms with van der Waals surface area (Å²) in [5.74, 6) is -0.0641. The maximum atomic E-state index is 12.2. The lowest BCUT2D eigenvalue weighted by atomic mass is 10.1. The number of furan rings is 1. The van der Waals surface area contributed by atoms with Crippen LogP contribution in [0.25, 0.3) is 11.0 Å². The predicted molar refractivity (Wildman–Crippen MR) is 99.6 cm³/mol. The summed E-state index contributed by atoms with van der Waals surface area (Å²) in [6.45, 7) is 1.83. The van der Waals surface area contributed by atoms with Gasteiger partial charge in [0.05, 0.1) is 4.90 Å². The molecule has 0 amide bonds. The molecule has 3 rings (SSSR count). The normalized spacial score (nSPS) is 11.5. The molecule has 0 bridgehead atoms. The van der Waals surface area contributed by atoms with Gasteiger partial charge in [-0.1, -0.05) is 11.6 Å². The molecule has 0 saturated carbocycles. The van der Waals surface area contributed by atoms with Crippen molar-refractivity contribution in [2.24, 2.45) is 5.14 Å². The molecule has 0 atom stereocenters. The summed E-state index contributed by atoms with van der Waals surface area (Å²) in [5, 5.41) is 6.32. The van der Waals surface area contributed by atoms with Gasteiger partial charge in [0.1, 0.15) is 24.5 Å². The van der Waals surface area contributed by atoms with E-state index >= 15 is 0 Å². The molecule has 2 N–H and O–H groups in total. The molecular weight excluding hydrogens is 394 g/mol. The Morgan fingerprint density at radius 2 is 1.85 bits per heavy atom. The Kier molecular flexibility index (Phi) is 5.41. The number of primary sulfonamides is 1. The Labute approximate surface area is 160 Å². The maximum absolute atomic E-state index is 12.2. The molecule has 0 fully saturated rings. The molecule has 1 aromatic heterocycles. The van der Waals surface area contributed by atoms with Crippen LogP contribution in [0.5, 0.6) is 5.75 Å². The Hall–Kier alpha value is -2.55. The number of esters is 1. The molecule has 142 valence electrons. The molecule has 0 saturated heterocycles. The van der Waals surface area contributed by atoms with Gasteiger partial charge >= 0.3 is 5.97 Å². The van der Waals surface area contributed by atoms with Crippen LogP contribution in [-0.2, 0) is 14.8 Å². The van der Waals surface area contributed by atoms with Crippen LogP contribution in [0.1, 0.15) is 16.1 Å². The number of carbonyl (C=O) groups excluding carboxylic acids is 1. The number of aryl methyl sites for hydroxylation is 1. The van der Waals surface area contributed by atoms with Crippen LogP contribution in [-0.4, -0.2) is 27.6 Å². The van der Waals surface area contributed by atoms with E-state index in [-0.39, 0.29) is 23.9 Å². The lowest BCUT2D eigenvalue weighted by molar-refractivity contribution is 0.0416. The Morgan fingerprint density at radius 3 is 2.52 bits per heavy atom. The average Bonchev–Trinajstić information content (AvgIpc) is 2.95. The molecule has 9 heteroatoms. The molecule has 0 aliphatic rings. The van der Waals surface area contributed by atoms with Crippen LogP contribution in [0.4, 0.5) is 0 Å². The van der Waals surface area contributed by atoms with Crippen molar-refractivity contribution in [3.63, 3.8) is 0 Å². The highest BCUT2D eigenvalue weighted by Gasteiger charge is 2.19. The summed E-state index contributed by atoms with van der Waals surface area (Å²) < 4.78 is 38.5. The standard InChI is InChI=1S/C18H16ClNO6S/c1-11-15-10-12(19)2-7-16(15)26-17(11)18(21)25-9-8-24-13-3-5-14(6-4-13)27(20,22)23/h2-7,10H,8-9H2,1H3,(H2,20,22,23). The van der Waals surface area contributed by atoms with Crippen LogP contribution in [0, 0.1) is 6.92 Å². The van der Waals surface area contributed by atoms with Crippen molar-refractivity contribution in [3.8, 4) is 5.75 Å². The summed E-state index contributed by atoms with van der Waals surface area (Å²) in [6, 6.07) is 10.7. The van der Waals surface area contributed by atoms with Gasteiger partial charge in [0.2, 0.25) is 15.8 Å². The van der Waals surface area contributed by atoms with Gasteiger partial charge in [-0.15, -0.1) is 0 Å². The third kappa shape index (κ3) is 4.41. The average molecular weight is 410 g/mol. The summed E-state index contributed by atoms with van der Waals surface area (Å²) >= 11 is 5.96. The smallest absolute Gasteiger partial charge is 0.374 e. The van der Waals surface area contributed by atoms with Gasteiger partial charge in [-0.25, -0.2) is 18.4 Å². The summed E-state index contributed by atoms with van der Waals surface area (Å²) in [6.07, 6.45) is 0. The Morgan fingerprint density at radius 1 is 1.15 bits per heavy atom. The quantitative estimate of drug-likeness (QED) is 0.494. The summed E-state index contributed by atoms with van der Waals surface area (Å²) in [7, 11) is -3.75. The van der Waals surface area contributed by atoms with Gasteiger partial charge in [-0.2, -0.15) is 0 Å². The van der Waals surface area contributed by atoms with Crippen molar-refractivity contribution in [1.82, 2.24) is 0 Å². The molecule has 0 unspecified atom stereocenters. The summed E-state index contributed by atoms with van der Waals surface area (Å²) in [5.41, 5.74) is 1.20. The van der Waals surface area contributed by atoms with Crippen LogP contribution in [0.3, 0.4) is 0 Å². The number of ether oxygens (including phenoxy) is 2. The Bertz CT molecular complexity index is 1090. The SMILES string of the molecule is Cc1c(C(=O)OCCOc2ccc(S(N)(=O)=O)cc2)oc2ccc(Cl)cc12. The number of hydrogen-bond donors (Lipinski definition) is 1. The lowest BCUT2D eigenvalue weighted by Crippen LogP contribution is -2.13. The van der Waals surface area contributed by atoms with E-state index in [9.17, 15) is 13.2 Å². The molecule has 3 aromatic rings. The molecule has 0 radical (unpaired) electrons. The van der Waals surface area contributed by atoms with Crippen LogP contribution in [0.2, 0.25) is 5.02 Å². The van der Waals surface area contributed by atoms with E-state index in [0.29, 0.717) is 21.9 Å². The number of benzene rings is 2. The number of carbonyl (C=O) groups is 1. The van der Waals surface area contributed by atoms with Crippen LogP contribution >= 0.6 is 11.6 Å². The number of rotatable bonds is 6. The molecule has 0 aliphatic heterocycles. The highest BCUT2D eigenvalue weighted by molar-refractivity contribution is 7.89. The first kappa shape index (κ1) is 19.2. The van der Waals surface area contributed by atoms with Crippen molar-refractivity contribution in [3.05, 3.63) is 58.8 Å². The fraction of sp³-hybridized carbons (Fsp3) is 0.167. The van der Waals surface area contributed by atoms with Gasteiger partial charge in [-0.3, -0.25) is 0 Å². The second kappa shape index (κ2) is 7.59. The largest absolute Gasteiger partial charge is 0.490 e. The van der Waals surface area contributed by atoms with Crippen molar-refractivity contribution >= 4 is 38.6 Å². The van der Waals surface area contributed by atoms with Gasteiger partial charge in [-0.05, 0) is 49.4 Å². The predicted octanol–water partition coefficient (Wildman–Crippen LogP) is 3.28. The van der Waals surface area contributed by atoms with E-state index in [2.05, 4.69) is 0 Å². The van der Waals surface area contributed by atoms with Crippen molar-refractivity contribution in [2.45, 2.75) is 11.8 Å². The first-order chi connectivity index (χ1) is 12.8. The number of fused-ring (bicyclic) bond motifs is 1. The number of sulfonamides is 1. The zero-order valence-electron chi connectivity index (χ0n) is 14.3. The van der Waals surface area contributed by atoms with E-state index in [1.807, 2.05) is 0 Å². The molecule has 2 aromatic carbocycles. The van der Waals surface area contributed by atoms with E-state index in [1.54, 1.807) is 25.1 Å². The third-order valence-corrected chi connectivity index (χ3v) is 4.99. The second-order valence-electron chi connectivity index (χ2n) is 5.70. The number of hydrogen-bond acceptors (Lipinski definition) is 6. The van der Waals surface area contributed by atoms with E-state index < -0.39 is 16.0 Å². The molecule has 7 nitrogen and oxygen atoms in total. The zero-order chi connectivity index (χ0) is 19.6. The van der Waals surface area contributed by atoms with Gasteiger partial charge in [0, 0.05) is 16.0 Å². The summed E-state index contributed by atoms with van der Waals surface area (Å²) in [4.78, 5) is 12.2. The molecule has 0 spiro atoms. The highest BCUT2D eigenvalue weighted by atomic mass is 35.5. The van der Waals surface area contributed by atoms with Crippen molar-refractivity contribution in [2.75, 3.05) is 13.2 Å². The monoisotopic (exact) mass is 409 g/mol. The molecule has 27 heavy (non-hydrogen) atoms. The van der Waals surface area contributed by atoms with Gasteiger partial charge < -0.3 is 13.9 Å². The molecular formula is C18H16ClNO6S. The minimum absolute atomic E-state index is 0.00693. The Balaban J connectivity index is 1.56. The van der Waals surface area contributed by atoms with Gasteiger partial charge in [0.25, 0.3) is 0 Å². The fourth-order valence-electron chi connectivity index (χ4n) is 2.47. The minimum atomic E-state index is -3.75. The van der Waals surface area contributed by atoms with E-state index in [0.717, 1.165) is 5.39 Å². The van der Waals surface area contributed by atoms with Crippen LogP contribution < -0.4 is 9.88 Å². The number of nitrogens with two attached hydrogens (primary N) is 1. The fourth-order valence-corrected chi connectivity index (χ4v) is 3.16. The van der Waals surface area contributed by atoms with Crippen molar-refractivity contribution in [1.29, 1.82) is 0 Å². The topological polar surface area (TPSA) is 109 Å². The molecule has 0 aliphatic carbocycles.